The third-order valence-corrected chi connectivity index (χ3v) is 4.82. The summed E-state index contributed by atoms with van der Waals surface area (Å²) in [4.78, 5) is 12.7. The molecule has 0 radical (unpaired) electrons. The van der Waals surface area contributed by atoms with Gasteiger partial charge >= 0.3 is 0 Å². The van der Waals surface area contributed by atoms with Crippen molar-refractivity contribution in [1.82, 2.24) is 10.6 Å². The number of nitrogens with one attached hydrogen (secondary N) is 3. The summed E-state index contributed by atoms with van der Waals surface area (Å²) in [5.41, 5.74) is 3.76. The van der Waals surface area contributed by atoms with E-state index in [1.165, 1.54) is 0 Å². The first-order valence-corrected chi connectivity index (χ1v) is 8.96. The van der Waals surface area contributed by atoms with Gasteiger partial charge in [-0.3, -0.25) is 4.79 Å². The second-order valence-corrected chi connectivity index (χ2v) is 7.20. The largest absolute Gasteiger partial charge is 0.380 e. The van der Waals surface area contributed by atoms with Crippen LogP contribution in [0, 0.1) is 6.92 Å². The first-order chi connectivity index (χ1) is 11.5. The highest BCUT2D eigenvalue weighted by atomic mass is 79.9. The monoisotopic (exact) mass is 387 g/mol. The van der Waals surface area contributed by atoms with E-state index < -0.39 is 0 Å². The minimum Gasteiger partial charge on any atom is -0.380 e. The van der Waals surface area contributed by atoms with E-state index in [0.29, 0.717) is 11.6 Å². The highest BCUT2D eigenvalue weighted by molar-refractivity contribution is 9.10. The third kappa shape index (κ3) is 3.97. The van der Waals surface area contributed by atoms with Crippen LogP contribution in [0.5, 0.6) is 0 Å². The van der Waals surface area contributed by atoms with Gasteiger partial charge in [-0.05, 0) is 49.2 Å². The Kier molecular flexibility index (Phi) is 5.21. The van der Waals surface area contributed by atoms with Crippen LogP contribution in [0.25, 0.3) is 0 Å². The van der Waals surface area contributed by atoms with Crippen LogP contribution in [-0.2, 0) is 0 Å². The van der Waals surface area contributed by atoms with Gasteiger partial charge < -0.3 is 16.0 Å². The molecule has 1 aliphatic heterocycles. The van der Waals surface area contributed by atoms with Crippen LogP contribution in [0.15, 0.2) is 46.9 Å². The Morgan fingerprint density at radius 1 is 1.25 bits per heavy atom. The first-order valence-electron chi connectivity index (χ1n) is 8.17. The van der Waals surface area contributed by atoms with Gasteiger partial charge in [0.2, 0.25) is 0 Å². The topological polar surface area (TPSA) is 53.2 Å². The molecule has 2 aromatic rings. The Labute approximate surface area is 151 Å². The summed E-state index contributed by atoms with van der Waals surface area (Å²) in [5, 5.41) is 9.77. The molecule has 0 saturated carbocycles. The molecule has 1 fully saturated rings. The number of benzene rings is 2. The fourth-order valence-corrected chi connectivity index (χ4v) is 3.13. The molecule has 1 amide bonds. The Morgan fingerprint density at radius 2 is 2.04 bits per heavy atom. The lowest BCUT2D eigenvalue weighted by Crippen LogP contribution is -2.51. The molecule has 0 spiro atoms. The number of hydrogen-bond donors (Lipinski definition) is 3. The molecule has 1 unspecified atom stereocenters. The number of aryl methyl sites for hydroxylation is 1. The summed E-state index contributed by atoms with van der Waals surface area (Å²) in [6.45, 7) is 5.90. The number of rotatable bonds is 5. The maximum atomic E-state index is 12.7. The number of halogens is 1. The molecular formula is C19H22BrN3O. The summed E-state index contributed by atoms with van der Waals surface area (Å²) in [5.74, 6) is -0.0460. The molecule has 3 N–H and O–H groups in total. The van der Waals surface area contributed by atoms with Crippen molar-refractivity contribution in [1.29, 1.82) is 0 Å². The average Bonchev–Trinajstić information content (AvgIpc) is 2.52. The molecule has 3 rings (SSSR count). The number of hydrogen-bond acceptors (Lipinski definition) is 3. The van der Waals surface area contributed by atoms with Crippen molar-refractivity contribution < 1.29 is 4.79 Å². The van der Waals surface area contributed by atoms with Crippen molar-refractivity contribution in [3.8, 4) is 0 Å². The molecule has 1 heterocycles. The van der Waals surface area contributed by atoms with Crippen LogP contribution in [-0.4, -0.2) is 25.0 Å². The van der Waals surface area contributed by atoms with Gasteiger partial charge in [0.15, 0.2) is 0 Å². The summed E-state index contributed by atoms with van der Waals surface area (Å²) < 4.78 is 1.01. The zero-order valence-corrected chi connectivity index (χ0v) is 15.5. The van der Waals surface area contributed by atoms with E-state index in [0.717, 1.165) is 34.4 Å². The molecule has 2 aromatic carbocycles. The second kappa shape index (κ2) is 7.36. The van der Waals surface area contributed by atoms with Crippen LogP contribution >= 0.6 is 15.9 Å². The molecule has 0 aliphatic carbocycles. The minimum atomic E-state index is -0.0538. The second-order valence-electron chi connectivity index (χ2n) is 6.28. The fraction of sp³-hybridized carbons (Fsp3) is 0.316. The lowest BCUT2D eigenvalue weighted by Gasteiger charge is -2.29. The standard InChI is InChI=1S/C19H22BrN3O/c1-12-6-7-16(23-17-10-21-11-17)9-18(12)19(24)22-13(2)14-4-3-5-15(20)8-14/h3-9,13,17,21,23H,10-11H2,1-2H3,(H,22,24). The van der Waals surface area contributed by atoms with Crippen LogP contribution in [0.1, 0.15) is 34.5 Å². The number of amides is 1. The third-order valence-electron chi connectivity index (χ3n) is 4.33. The van der Waals surface area contributed by atoms with Gasteiger partial charge in [-0.15, -0.1) is 0 Å². The fourth-order valence-electron chi connectivity index (χ4n) is 2.72. The Bertz CT molecular complexity index is 743. The lowest BCUT2D eigenvalue weighted by molar-refractivity contribution is 0.0939. The van der Waals surface area contributed by atoms with Crippen molar-refractivity contribution in [2.24, 2.45) is 0 Å². The van der Waals surface area contributed by atoms with Crippen LogP contribution < -0.4 is 16.0 Å². The van der Waals surface area contributed by atoms with Crippen LogP contribution in [0.3, 0.4) is 0 Å². The van der Waals surface area contributed by atoms with Crippen molar-refractivity contribution in [2.75, 3.05) is 18.4 Å². The highest BCUT2D eigenvalue weighted by Crippen LogP contribution is 2.21. The maximum absolute atomic E-state index is 12.7. The van der Waals surface area contributed by atoms with Crippen LogP contribution in [0.2, 0.25) is 0 Å². The van der Waals surface area contributed by atoms with Gasteiger partial charge in [-0.1, -0.05) is 34.1 Å². The summed E-state index contributed by atoms with van der Waals surface area (Å²) in [7, 11) is 0. The van der Waals surface area contributed by atoms with Crippen molar-refractivity contribution in [3.05, 3.63) is 63.6 Å². The molecule has 1 saturated heterocycles. The SMILES string of the molecule is Cc1ccc(NC2CNC2)cc1C(=O)NC(C)c1cccc(Br)c1. The predicted molar refractivity (Wildman–Crippen MR) is 101 cm³/mol. The number of anilines is 1. The van der Waals surface area contributed by atoms with E-state index in [1.807, 2.05) is 56.3 Å². The minimum absolute atomic E-state index is 0.0460. The average molecular weight is 388 g/mol. The van der Waals surface area contributed by atoms with Gasteiger partial charge in [-0.25, -0.2) is 0 Å². The van der Waals surface area contributed by atoms with Gasteiger partial charge in [0, 0.05) is 28.8 Å². The molecule has 24 heavy (non-hydrogen) atoms. The van der Waals surface area contributed by atoms with Crippen molar-refractivity contribution in [2.45, 2.75) is 25.9 Å². The maximum Gasteiger partial charge on any atom is 0.252 e. The highest BCUT2D eigenvalue weighted by Gasteiger charge is 2.18. The lowest BCUT2D eigenvalue weighted by atomic mass is 10.0. The van der Waals surface area contributed by atoms with Crippen LogP contribution in [0.4, 0.5) is 5.69 Å². The zero-order chi connectivity index (χ0) is 17.1. The summed E-state index contributed by atoms with van der Waals surface area (Å²) >= 11 is 3.47. The zero-order valence-electron chi connectivity index (χ0n) is 13.9. The van der Waals surface area contributed by atoms with E-state index in [9.17, 15) is 4.79 Å². The van der Waals surface area contributed by atoms with E-state index >= 15 is 0 Å². The molecule has 4 nitrogen and oxygen atoms in total. The summed E-state index contributed by atoms with van der Waals surface area (Å²) in [6.07, 6.45) is 0. The molecule has 5 heteroatoms. The smallest absolute Gasteiger partial charge is 0.252 e. The number of carbonyl (C=O) groups is 1. The molecule has 0 bridgehead atoms. The molecule has 0 aromatic heterocycles. The Morgan fingerprint density at radius 3 is 2.71 bits per heavy atom. The normalized spacial score (nSPS) is 15.5. The molecule has 1 aliphatic rings. The molecule has 1 atom stereocenters. The van der Waals surface area contributed by atoms with E-state index in [4.69, 9.17) is 0 Å². The van der Waals surface area contributed by atoms with Crippen molar-refractivity contribution in [3.63, 3.8) is 0 Å². The predicted octanol–water partition coefficient (Wildman–Crippen LogP) is 3.63. The Balaban J connectivity index is 1.72. The van der Waals surface area contributed by atoms with Gasteiger partial charge in [0.25, 0.3) is 5.91 Å². The molecule has 126 valence electrons. The van der Waals surface area contributed by atoms with E-state index in [1.54, 1.807) is 0 Å². The Hall–Kier alpha value is -1.85. The quantitative estimate of drug-likeness (QED) is 0.733. The number of carbonyl (C=O) groups excluding carboxylic acids is 1. The molecular weight excluding hydrogens is 366 g/mol. The van der Waals surface area contributed by atoms with Gasteiger partial charge in [0.1, 0.15) is 0 Å². The summed E-state index contributed by atoms with van der Waals surface area (Å²) in [6, 6.07) is 14.4. The van der Waals surface area contributed by atoms with Gasteiger partial charge in [-0.2, -0.15) is 0 Å². The van der Waals surface area contributed by atoms with E-state index in [2.05, 4.69) is 31.9 Å². The first kappa shape index (κ1) is 17.0. The van der Waals surface area contributed by atoms with Crippen molar-refractivity contribution >= 4 is 27.5 Å². The van der Waals surface area contributed by atoms with Gasteiger partial charge in [0.05, 0.1) is 12.1 Å². The van der Waals surface area contributed by atoms with E-state index in [-0.39, 0.29) is 11.9 Å².